The number of carbonyl (C=O) groups excluding carboxylic acids is 2. The zero-order valence-electron chi connectivity index (χ0n) is 14.9. The first-order chi connectivity index (χ1) is 12.8. The van der Waals surface area contributed by atoms with Gasteiger partial charge in [-0.2, -0.15) is 0 Å². The van der Waals surface area contributed by atoms with Crippen LogP contribution in [0.4, 0.5) is 18.9 Å². The number of halogens is 3. The van der Waals surface area contributed by atoms with Crippen molar-refractivity contribution in [2.75, 3.05) is 19.0 Å². The summed E-state index contributed by atoms with van der Waals surface area (Å²) in [6.45, 7) is 1.65. The second kappa shape index (κ2) is 9.07. The molecular weight excluding hydrogens is 361 g/mol. The van der Waals surface area contributed by atoms with Crippen molar-refractivity contribution < 1.29 is 27.5 Å². The molecule has 0 atom stereocenters. The zero-order chi connectivity index (χ0) is 20.0. The third-order valence-corrected chi connectivity index (χ3v) is 3.92. The van der Waals surface area contributed by atoms with E-state index in [1.165, 1.54) is 18.9 Å². The molecule has 2 aromatic carbocycles. The lowest BCUT2D eigenvalue weighted by Gasteiger charge is -2.22. The number of methoxy groups -OCH3 is 1. The van der Waals surface area contributed by atoms with Crippen LogP contribution < -0.4 is 10.1 Å². The molecule has 0 saturated carbocycles. The van der Waals surface area contributed by atoms with Crippen LogP contribution in [0.5, 0.6) is 5.75 Å². The maximum Gasteiger partial charge on any atom is 0.226 e. The van der Waals surface area contributed by atoms with E-state index in [9.17, 15) is 22.8 Å². The number of ether oxygens (including phenoxy) is 1. The summed E-state index contributed by atoms with van der Waals surface area (Å²) in [6.07, 6.45) is -0.146. The zero-order valence-corrected chi connectivity index (χ0v) is 14.9. The molecule has 1 N–H and O–H groups in total. The van der Waals surface area contributed by atoms with Crippen molar-refractivity contribution in [3.05, 3.63) is 59.4 Å². The topological polar surface area (TPSA) is 58.6 Å². The van der Waals surface area contributed by atoms with E-state index >= 15 is 0 Å². The summed E-state index contributed by atoms with van der Waals surface area (Å²) in [4.78, 5) is 25.3. The molecule has 0 aliphatic carbocycles. The van der Waals surface area contributed by atoms with Crippen molar-refractivity contribution in [1.82, 2.24) is 4.90 Å². The Labute approximate surface area is 154 Å². The van der Waals surface area contributed by atoms with Crippen LogP contribution in [0, 0.1) is 17.5 Å². The number of benzene rings is 2. The van der Waals surface area contributed by atoms with Crippen molar-refractivity contribution >= 4 is 17.5 Å². The minimum atomic E-state index is -1.66. The average molecular weight is 380 g/mol. The molecule has 144 valence electrons. The summed E-state index contributed by atoms with van der Waals surface area (Å²) in [5, 5.41) is 2.18. The fraction of sp³-hybridized carbons (Fsp3) is 0.263. The standard InChI is InChI=1S/C19H19F3N2O3/c1-12(25)24(11-13-5-3-4-6-16(13)27-2)10-9-17(26)23-15-8-7-14(20)18(21)19(15)22/h3-8H,9-11H2,1-2H3,(H,23,26). The average Bonchev–Trinajstić information content (AvgIpc) is 2.65. The van der Waals surface area contributed by atoms with Crippen LogP contribution in [0.15, 0.2) is 36.4 Å². The first kappa shape index (κ1) is 20.3. The quantitative estimate of drug-likeness (QED) is 0.748. The summed E-state index contributed by atoms with van der Waals surface area (Å²) < 4.78 is 45.0. The predicted octanol–water partition coefficient (Wildman–Crippen LogP) is 3.49. The molecule has 27 heavy (non-hydrogen) atoms. The van der Waals surface area contributed by atoms with Crippen LogP contribution >= 0.6 is 0 Å². The summed E-state index contributed by atoms with van der Waals surface area (Å²) >= 11 is 0. The molecule has 0 heterocycles. The molecule has 0 unspecified atom stereocenters. The van der Waals surface area contributed by atoms with Crippen LogP contribution in [-0.4, -0.2) is 30.4 Å². The minimum absolute atomic E-state index is 0.0600. The Kier molecular flexibility index (Phi) is 6.81. The number of hydrogen-bond acceptors (Lipinski definition) is 3. The molecule has 0 aliphatic heterocycles. The second-order valence-electron chi connectivity index (χ2n) is 5.77. The van der Waals surface area contributed by atoms with E-state index in [4.69, 9.17) is 4.74 Å². The van der Waals surface area contributed by atoms with E-state index in [1.54, 1.807) is 24.3 Å². The van der Waals surface area contributed by atoms with Gasteiger partial charge in [0.05, 0.1) is 12.8 Å². The van der Waals surface area contributed by atoms with E-state index in [-0.39, 0.29) is 25.4 Å². The van der Waals surface area contributed by atoms with E-state index in [0.29, 0.717) is 5.75 Å². The number of hydrogen-bond donors (Lipinski definition) is 1. The Balaban J connectivity index is 2.00. The van der Waals surface area contributed by atoms with Gasteiger partial charge in [0.15, 0.2) is 17.5 Å². The first-order valence-electron chi connectivity index (χ1n) is 8.14. The normalized spacial score (nSPS) is 10.4. The maximum absolute atomic E-state index is 13.6. The fourth-order valence-electron chi connectivity index (χ4n) is 2.46. The smallest absolute Gasteiger partial charge is 0.226 e. The van der Waals surface area contributed by atoms with Gasteiger partial charge in [0.2, 0.25) is 11.8 Å². The van der Waals surface area contributed by atoms with Gasteiger partial charge < -0.3 is 15.0 Å². The molecule has 0 fully saturated rings. The van der Waals surface area contributed by atoms with Gasteiger partial charge in [0.1, 0.15) is 5.75 Å². The largest absolute Gasteiger partial charge is 0.496 e. The Hall–Kier alpha value is -3.03. The van der Waals surface area contributed by atoms with Crippen molar-refractivity contribution in [2.24, 2.45) is 0 Å². The number of rotatable bonds is 7. The summed E-state index contributed by atoms with van der Waals surface area (Å²) in [5.74, 6) is -4.75. The highest BCUT2D eigenvalue weighted by Gasteiger charge is 2.17. The third kappa shape index (κ3) is 5.22. The monoisotopic (exact) mass is 380 g/mol. The number of anilines is 1. The Morgan fingerprint density at radius 1 is 1.07 bits per heavy atom. The molecule has 0 bridgehead atoms. The molecule has 0 radical (unpaired) electrons. The van der Waals surface area contributed by atoms with E-state index in [1.807, 2.05) is 0 Å². The summed E-state index contributed by atoms with van der Waals surface area (Å²) in [5.41, 5.74) is 0.306. The molecule has 2 amide bonds. The predicted molar refractivity (Wildman–Crippen MR) is 93.6 cm³/mol. The van der Waals surface area contributed by atoms with Gasteiger partial charge in [-0.15, -0.1) is 0 Å². The highest BCUT2D eigenvalue weighted by atomic mass is 19.2. The lowest BCUT2D eigenvalue weighted by molar-refractivity contribution is -0.129. The minimum Gasteiger partial charge on any atom is -0.496 e. The first-order valence-corrected chi connectivity index (χ1v) is 8.14. The lowest BCUT2D eigenvalue weighted by Crippen LogP contribution is -2.31. The van der Waals surface area contributed by atoms with Gasteiger partial charge in [-0.25, -0.2) is 13.2 Å². The van der Waals surface area contributed by atoms with E-state index in [0.717, 1.165) is 17.7 Å². The van der Waals surface area contributed by atoms with Crippen LogP contribution in [0.1, 0.15) is 18.9 Å². The van der Waals surface area contributed by atoms with Crippen molar-refractivity contribution in [3.8, 4) is 5.75 Å². The van der Waals surface area contributed by atoms with E-state index < -0.39 is 29.0 Å². The van der Waals surface area contributed by atoms with Gasteiger partial charge in [-0.05, 0) is 18.2 Å². The molecule has 2 aromatic rings. The molecule has 0 aromatic heterocycles. The van der Waals surface area contributed by atoms with Crippen LogP contribution in [0.25, 0.3) is 0 Å². The molecular formula is C19H19F3N2O3. The van der Waals surface area contributed by atoms with Crippen LogP contribution in [-0.2, 0) is 16.1 Å². The molecule has 0 spiro atoms. The Morgan fingerprint density at radius 3 is 2.44 bits per heavy atom. The lowest BCUT2D eigenvalue weighted by atomic mass is 10.2. The van der Waals surface area contributed by atoms with Crippen molar-refractivity contribution in [1.29, 1.82) is 0 Å². The molecule has 2 rings (SSSR count). The number of nitrogens with zero attached hydrogens (tertiary/aromatic N) is 1. The SMILES string of the molecule is COc1ccccc1CN(CCC(=O)Nc1ccc(F)c(F)c1F)C(C)=O. The molecule has 0 aliphatic rings. The maximum atomic E-state index is 13.6. The summed E-state index contributed by atoms with van der Waals surface area (Å²) in [7, 11) is 1.51. The molecule has 5 nitrogen and oxygen atoms in total. The third-order valence-electron chi connectivity index (χ3n) is 3.92. The second-order valence-corrected chi connectivity index (χ2v) is 5.77. The summed E-state index contributed by atoms with van der Waals surface area (Å²) in [6, 6.07) is 8.80. The van der Waals surface area contributed by atoms with E-state index in [2.05, 4.69) is 5.32 Å². The molecule has 8 heteroatoms. The highest BCUT2D eigenvalue weighted by molar-refractivity contribution is 5.91. The van der Waals surface area contributed by atoms with Gasteiger partial charge in [-0.3, -0.25) is 9.59 Å². The van der Waals surface area contributed by atoms with Crippen molar-refractivity contribution in [2.45, 2.75) is 19.9 Å². The Morgan fingerprint density at radius 2 is 1.78 bits per heavy atom. The van der Waals surface area contributed by atoms with Crippen LogP contribution in [0.2, 0.25) is 0 Å². The number of para-hydroxylation sites is 1. The Bertz CT molecular complexity index is 843. The van der Waals surface area contributed by atoms with Gasteiger partial charge in [0.25, 0.3) is 0 Å². The molecule has 0 saturated heterocycles. The van der Waals surface area contributed by atoms with Gasteiger partial charge >= 0.3 is 0 Å². The fourth-order valence-corrected chi connectivity index (χ4v) is 2.46. The number of carbonyl (C=O) groups is 2. The van der Waals surface area contributed by atoms with Gasteiger partial charge in [0, 0.05) is 32.0 Å². The van der Waals surface area contributed by atoms with Gasteiger partial charge in [-0.1, -0.05) is 18.2 Å². The number of nitrogens with one attached hydrogen (secondary N) is 1. The highest BCUT2D eigenvalue weighted by Crippen LogP contribution is 2.21. The number of amides is 2. The van der Waals surface area contributed by atoms with Crippen LogP contribution in [0.3, 0.4) is 0 Å². The van der Waals surface area contributed by atoms with Crippen molar-refractivity contribution in [3.63, 3.8) is 0 Å².